The number of carbonyl (C=O) groups is 1. The van der Waals surface area contributed by atoms with E-state index in [0.29, 0.717) is 35.6 Å². The molecule has 0 unspecified atom stereocenters. The number of hydroxylamine groups is 3. The second-order valence-corrected chi connectivity index (χ2v) is 9.99. The van der Waals surface area contributed by atoms with Crippen LogP contribution in [0, 0.1) is 5.92 Å². The average molecular weight is 486 g/mol. The molecule has 1 aromatic heterocycles. The van der Waals surface area contributed by atoms with E-state index in [1.807, 2.05) is 36.2 Å². The van der Waals surface area contributed by atoms with Crippen molar-refractivity contribution in [3.05, 3.63) is 42.1 Å². The number of amidine groups is 1. The molecule has 0 spiro atoms. The summed E-state index contributed by atoms with van der Waals surface area (Å²) in [5, 5.41) is 13.5. The number of likely N-dealkylation sites (N-methyl/N-ethyl adjacent to an activating group) is 2. The highest BCUT2D eigenvalue weighted by molar-refractivity contribution is 7.99. The van der Waals surface area contributed by atoms with Crippen molar-refractivity contribution in [2.24, 2.45) is 22.4 Å². The monoisotopic (exact) mass is 485 g/mol. The number of allylic oxidation sites excluding steroid dienone is 1. The molecule has 6 N–H and O–H groups in total. The highest BCUT2D eigenvalue weighted by atomic mass is 32.2. The van der Waals surface area contributed by atoms with E-state index in [2.05, 4.69) is 20.3 Å². The Labute approximate surface area is 204 Å². The van der Waals surface area contributed by atoms with Crippen molar-refractivity contribution in [3.8, 4) is 0 Å². The smallest absolute Gasteiger partial charge is 0.227 e. The van der Waals surface area contributed by atoms with E-state index in [4.69, 9.17) is 11.5 Å². The topological polar surface area (TPSA) is 143 Å². The molecule has 0 atom stereocenters. The molecule has 3 rings (SSSR count). The maximum atomic E-state index is 12.0. The molecule has 34 heavy (non-hydrogen) atoms. The highest BCUT2D eigenvalue weighted by Gasteiger charge is 2.29. The fourth-order valence-corrected chi connectivity index (χ4v) is 3.67. The number of nitrogens with zero attached hydrogens (tertiary/aromatic N) is 5. The summed E-state index contributed by atoms with van der Waals surface area (Å²) in [6.45, 7) is 2.81. The van der Waals surface area contributed by atoms with Crippen molar-refractivity contribution in [2.75, 3.05) is 44.4 Å². The van der Waals surface area contributed by atoms with Crippen molar-refractivity contribution < 1.29 is 14.6 Å². The lowest BCUT2D eigenvalue weighted by Crippen LogP contribution is -2.41. The van der Waals surface area contributed by atoms with Gasteiger partial charge in [-0.2, -0.15) is 4.65 Å². The molecule has 1 aliphatic carbocycles. The number of nitrogens with two attached hydrogens (primary N) is 2. The van der Waals surface area contributed by atoms with Crippen LogP contribution >= 0.6 is 11.8 Å². The van der Waals surface area contributed by atoms with E-state index in [1.165, 1.54) is 11.8 Å². The van der Waals surface area contributed by atoms with Crippen LogP contribution in [0.4, 0.5) is 17.3 Å². The van der Waals surface area contributed by atoms with E-state index in [-0.39, 0.29) is 22.3 Å². The number of nitrogens with one attached hydrogen (secondary N) is 1. The lowest BCUT2D eigenvalue weighted by atomic mass is 10.3. The maximum absolute atomic E-state index is 12.0. The SMILES string of the molecule is C/C(N)=C/C(N)=N\c1cc(N(C)CC[N+](C)(C)O)nc(Sc2ccc(NC(=O)C3CC3)cc2)n1. The summed E-state index contributed by atoms with van der Waals surface area (Å²) in [7, 11) is 5.32. The molecule has 0 radical (unpaired) electrons. The van der Waals surface area contributed by atoms with Gasteiger partial charge in [-0.05, 0) is 61.9 Å². The van der Waals surface area contributed by atoms with Gasteiger partial charge in [0.1, 0.15) is 18.2 Å². The Morgan fingerprint density at radius 2 is 1.97 bits per heavy atom. The fraction of sp³-hybridized carbons (Fsp3) is 0.391. The zero-order chi connectivity index (χ0) is 24.9. The number of hydrogen-bond acceptors (Lipinski definition) is 8. The Kier molecular flexibility index (Phi) is 8.13. The molecule has 1 fully saturated rings. The van der Waals surface area contributed by atoms with Crippen molar-refractivity contribution in [1.29, 1.82) is 0 Å². The Morgan fingerprint density at radius 1 is 1.29 bits per heavy atom. The first kappa shape index (κ1) is 25.5. The van der Waals surface area contributed by atoms with Gasteiger partial charge < -0.3 is 21.7 Å². The van der Waals surface area contributed by atoms with Crippen molar-refractivity contribution in [1.82, 2.24) is 9.97 Å². The number of carbonyl (C=O) groups excluding carboxylic acids is 1. The summed E-state index contributed by atoms with van der Waals surface area (Å²) < 4.78 is -0.154. The van der Waals surface area contributed by atoms with Crippen LogP contribution in [0.3, 0.4) is 0 Å². The Balaban J connectivity index is 1.82. The molecule has 182 valence electrons. The number of aliphatic imine (C=N–C) groups is 1. The quantitative estimate of drug-likeness (QED) is 0.132. The largest absolute Gasteiger partial charge is 0.402 e. The first-order chi connectivity index (χ1) is 16.0. The Hall–Kier alpha value is -3.15. The van der Waals surface area contributed by atoms with Crippen LogP contribution in [0.1, 0.15) is 19.8 Å². The van der Waals surface area contributed by atoms with Gasteiger partial charge in [0, 0.05) is 35.3 Å². The molecular formula is C23H33N8O2S+. The van der Waals surface area contributed by atoms with Gasteiger partial charge in [0.25, 0.3) is 0 Å². The fourth-order valence-electron chi connectivity index (χ4n) is 2.91. The van der Waals surface area contributed by atoms with Gasteiger partial charge in [-0.3, -0.25) is 4.79 Å². The molecule has 1 amide bonds. The number of amides is 1. The van der Waals surface area contributed by atoms with Gasteiger partial charge >= 0.3 is 0 Å². The number of quaternary nitrogens is 1. The number of hydrogen-bond donors (Lipinski definition) is 4. The van der Waals surface area contributed by atoms with Crippen molar-refractivity contribution >= 4 is 40.8 Å². The molecule has 1 saturated carbocycles. The molecule has 1 aliphatic rings. The van der Waals surface area contributed by atoms with E-state index in [1.54, 1.807) is 33.2 Å². The lowest BCUT2D eigenvalue weighted by Gasteiger charge is -2.24. The second-order valence-electron chi connectivity index (χ2n) is 8.95. The van der Waals surface area contributed by atoms with Gasteiger partial charge in [-0.1, -0.05) is 0 Å². The third kappa shape index (κ3) is 8.32. The highest BCUT2D eigenvalue weighted by Crippen LogP contribution is 2.32. The lowest BCUT2D eigenvalue weighted by molar-refractivity contribution is -1.07. The summed E-state index contributed by atoms with van der Waals surface area (Å²) in [6, 6.07) is 9.30. The van der Waals surface area contributed by atoms with E-state index < -0.39 is 0 Å². The van der Waals surface area contributed by atoms with Gasteiger partial charge in [0.15, 0.2) is 11.0 Å². The molecule has 2 aromatic rings. The third-order valence-electron chi connectivity index (χ3n) is 4.95. The van der Waals surface area contributed by atoms with Crippen LogP contribution in [-0.4, -0.2) is 65.8 Å². The molecule has 1 aromatic carbocycles. The first-order valence-electron chi connectivity index (χ1n) is 11.0. The summed E-state index contributed by atoms with van der Waals surface area (Å²) in [6.07, 6.45) is 3.50. The van der Waals surface area contributed by atoms with Crippen molar-refractivity contribution in [2.45, 2.75) is 29.8 Å². The predicted octanol–water partition coefficient (Wildman–Crippen LogP) is 2.73. The van der Waals surface area contributed by atoms with Crippen LogP contribution in [0.15, 0.2) is 57.1 Å². The van der Waals surface area contributed by atoms with E-state index in [0.717, 1.165) is 23.4 Å². The molecule has 0 bridgehead atoms. The minimum absolute atomic E-state index is 0.0750. The van der Waals surface area contributed by atoms with Crippen molar-refractivity contribution in [3.63, 3.8) is 0 Å². The first-order valence-corrected chi connectivity index (χ1v) is 11.8. The molecular weight excluding hydrogens is 452 g/mol. The third-order valence-corrected chi connectivity index (χ3v) is 5.82. The van der Waals surface area contributed by atoms with E-state index >= 15 is 0 Å². The van der Waals surface area contributed by atoms with E-state index in [9.17, 15) is 10.0 Å². The average Bonchev–Trinajstić information content (AvgIpc) is 3.57. The molecule has 1 heterocycles. The van der Waals surface area contributed by atoms with Gasteiger partial charge in [-0.15, -0.1) is 0 Å². The molecule has 0 aliphatic heterocycles. The normalized spacial score (nSPS) is 14.7. The summed E-state index contributed by atoms with van der Waals surface area (Å²) in [5.74, 6) is 1.53. The minimum atomic E-state index is -0.154. The number of rotatable bonds is 10. The second kappa shape index (κ2) is 10.9. The predicted molar refractivity (Wildman–Crippen MR) is 135 cm³/mol. The standard InChI is InChI=1S/C23H32N8O2S/c1-15(24)13-19(25)27-20-14-21(30(2)11-12-31(3,4)33)29-23(28-20)34-18-9-7-17(8-10-18)26-22(32)16-5-6-16/h7-10,13-14,16,33H,5-6,11-12H2,1-4H3,(H4-,24,25,26,27,28,29,32)/p+1. The Bertz CT molecular complexity index is 1070. The van der Waals surface area contributed by atoms with Gasteiger partial charge in [0.2, 0.25) is 5.91 Å². The molecule has 10 nitrogen and oxygen atoms in total. The zero-order valence-corrected chi connectivity index (χ0v) is 20.8. The summed E-state index contributed by atoms with van der Waals surface area (Å²) >= 11 is 1.38. The molecule has 11 heteroatoms. The number of anilines is 2. The van der Waals surface area contributed by atoms with Gasteiger partial charge in [0.05, 0.1) is 20.6 Å². The van der Waals surface area contributed by atoms with Crippen LogP contribution in [0.25, 0.3) is 0 Å². The summed E-state index contributed by atoms with van der Waals surface area (Å²) in [4.78, 5) is 28.4. The van der Waals surface area contributed by atoms with Gasteiger partial charge in [-0.25, -0.2) is 20.2 Å². The Morgan fingerprint density at radius 3 is 2.56 bits per heavy atom. The zero-order valence-electron chi connectivity index (χ0n) is 20.0. The molecule has 0 saturated heterocycles. The van der Waals surface area contributed by atoms with Crippen LogP contribution in [0.5, 0.6) is 0 Å². The maximum Gasteiger partial charge on any atom is 0.227 e. The number of aromatic nitrogens is 2. The summed E-state index contributed by atoms with van der Waals surface area (Å²) in [5.41, 5.74) is 13.0. The van der Waals surface area contributed by atoms with Crippen LogP contribution < -0.4 is 21.7 Å². The van der Waals surface area contributed by atoms with Crippen LogP contribution in [-0.2, 0) is 4.79 Å². The number of benzene rings is 1. The van der Waals surface area contributed by atoms with Crippen LogP contribution in [0.2, 0.25) is 0 Å². The minimum Gasteiger partial charge on any atom is -0.402 e.